The molecular formula is C17H31N3O6. The molecule has 0 aromatic heterocycles. The van der Waals surface area contributed by atoms with Crippen LogP contribution in [-0.4, -0.2) is 57.5 Å². The number of aliphatic carboxylic acids is 1. The molecule has 2 amide bonds. The molecule has 0 saturated heterocycles. The van der Waals surface area contributed by atoms with Crippen LogP contribution in [0.1, 0.15) is 48.0 Å². The van der Waals surface area contributed by atoms with Crippen molar-refractivity contribution in [2.75, 3.05) is 0 Å². The standard InChI is InChI=1S/C17H31N3O6/c1-8(2)7-12(15(24)25)19-14(23)13(9(3)4)20-16(26)17(18,10(5)21)11(6)22/h8-10,12-13,21H,7,18H2,1-6H3,(H,19,23)(H,20,26)(H,24,25)/t10-,12+,13+,17-/m1/s1. The number of rotatable bonds is 10. The van der Waals surface area contributed by atoms with E-state index in [0.717, 1.165) is 6.92 Å². The molecule has 6 N–H and O–H groups in total. The van der Waals surface area contributed by atoms with Crippen LogP contribution in [0.2, 0.25) is 0 Å². The molecule has 0 heterocycles. The van der Waals surface area contributed by atoms with Crippen molar-refractivity contribution in [2.45, 2.75) is 71.7 Å². The average molecular weight is 373 g/mol. The number of hydrogen-bond donors (Lipinski definition) is 5. The highest BCUT2D eigenvalue weighted by molar-refractivity contribution is 6.11. The predicted molar refractivity (Wildman–Crippen MR) is 95.1 cm³/mol. The van der Waals surface area contributed by atoms with Gasteiger partial charge in [0, 0.05) is 0 Å². The van der Waals surface area contributed by atoms with Gasteiger partial charge in [-0.15, -0.1) is 0 Å². The molecule has 0 rings (SSSR count). The van der Waals surface area contributed by atoms with Crippen LogP contribution in [-0.2, 0) is 19.2 Å². The zero-order valence-electron chi connectivity index (χ0n) is 16.2. The number of carboxylic acids is 1. The first-order chi connectivity index (χ1) is 11.7. The lowest BCUT2D eigenvalue weighted by Crippen LogP contribution is -2.68. The van der Waals surface area contributed by atoms with E-state index in [4.69, 9.17) is 5.73 Å². The largest absolute Gasteiger partial charge is 0.480 e. The van der Waals surface area contributed by atoms with Crippen molar-refractivity contribution in [3.05, 3.63) is 0 Å². The average Bonchev–Trinajstić information content (AvgIpc) is 2.48. The smallest absolute Gasteiger partial charge is 0.326 e. The zero-order valence-corrected chi connectivity index (χ0v) is 16.2. The predicted octanol–water partition coefficient (Wildman–Crippen LogP) is -0.590. The summed E-state index contributed by atoms with van der Waals surface area (Å²) in [5.41, 5.74) is 3.56. The van der Waals surface area contributed by atoms with Crippen LogP contribution < -0.4 is 16.4 Å². The Hall–Kier alpha value is -2.00. The van der Waals surface area contributed by atoms with Crippen LogP contribution in [0.15, 0.2) is 0 Å². The number of amides is 2. The third-order valence-electron chi connectivity index (χ3n) is 4.17. The lowest BCUT2D eigenvalue weighted by molar-refractivity contribution is -0.144. The Labute approximate surface area is 153 Å². The fourth-order valence-electron chi connectivity index (χ4n) is 2.39. The summed E-state index contributed by atoms with van der Waals surface area (Å²) in [6.07, 6.45) is -1.24. The lowest BCUT2D eigenvalue weighted by Gasteiger charge is -2.32. The molecule has 9 nitrogen and oxygen atoms in total. The van der Waals surface area contributed by atoms with Gasteiger partial charge in [-0.2, -0.15) is 0 Å². The number of hydrogen-bond acceptors (Lipinski definition) is 6. The van der Waals surface area contributed by atoms with Crippen molar-refractivity contribution < 1.29 is 29.4 Å². The highest BCUT2D eigenvalue weighted by atomic mass is 16.4. The molecule has 0 bridgehead atoms. The molecule has 150 valence electrons. The van der Waals surface area contributed by atoms with Gasteiger partial charge < -0.3 is 26.6 Å². The summed E-state index contributed by atoms with van der Waals surface area (Å²) in [4.78, 5) is 48.0. The summed E-state index contributed by atoms with van der Waals surface area (Å²) in [5, 5.41) is 23.8. The second-order valence-corrected chi connectivity index (χ2v) is 7.33. The maximum atomic E-state index is 12.5. The van der Waals surface area contributed by atoms with Crippen molar-refractivity contribution >= 4 is 23.6 Å². The summed E-state index contributed by atoms with van der Waals surface area (Å²) in [5.74, 6) is -3.99. The van der Waals surface area contributed by atoms with Crippen molar-refractivity contribution in [1.82, 2.24) is 10.6 Å². The van der Waals surface area contributed by atoms with Gasteiger partial charge in [0.15, 0.2) is 11.3 Å². The Morgan fingerprint density at radius 2 is 1.54 bits per heavy atom. The molecule has 0 radical (unpaired) electrons. The van der Waals surface area contributed by atoms with Crippen LogP contribution in [0.5, 0.6) is 0 Å². The molecule has 0 fully saturated rings. The Kier molecular flexibility index (Phi) is 8.89. The Morgan fingerprint density at radius 3 is 1.85 bits per heavy atom. The molecule has 0 saturated carbocycles. The minimum absolute atomic E-state index is 0.0353. The van der Waals surface area contributed by atoms with Gasteiger partial charge in [-0.25, -0.2) is 4.79 Å². The molecule has 0 aliphatic heterocycles. The second kappa shape index (κ2) is 9.63. The molecule has 0 aromatic carbocycles. The van der Waals surface area contributed by atoms with E-state index >= 15 is 0 Å². The van der Waals surface area contributed by atoms with Crippen molar-refractivity contribution in [2.24, 2.45) is 17.6 Å². The molecule has 0 aliphatic rings. The maximum absolute atomic E-state index is 12.5. The van der Waals surface area contributed by atoms with Gasteiger partial charge in [-0.1, -0.05) is 27.7 Å². The van der Waals surface area contributed by atoms with Crippen molar-refractivity contribution in [3.63, 3.8) is 0 Å². The summed E-state index contributed by atoms with van der Waals surface area (Å²) < 4.78 is 0. The van der Waals surface area contributed by atoms with E-state index in [1.165, 1.54) is 6.92 Å². The molecule has 0 aromatic rings. The Morgan fingerprint density at radius 1 is 1.04 bits per heavy atom. The van der Waals surface area contributed by atoms with Gasteiger partial charge in [0.1, 0.15) is 12.1 Å². The molecule has 0 aliphatic carbocycles. The molecule has 9 heteroatoms. The van der Waals surface area contributed by atoms with E-state index in [1.807, 2.05) is 13.8 Å². The van der Waals surface area contributed by atoms with Crippen LogP contribution >= 0.6 is 0 Å². The fourth-order valence-corrected chi connectivity index (χ4v) is 2.39. The van der Waals surface area contributed by atoms with E-state index in [-0.39, 0.29) is 12.3 Å². The van der Waals surface area contributed by atoms with Gasteiger partial charge in [-0.05, 0) is 32.1 Å². The van der Waals surface area contributed by atoms with Gasteiger partial charge in [0.05, 0.1) is 6.10 Å². The molecule has 26 heavy (non-hydrogen) atoms. The summed E-state index contributed by atoms with van der Waals surface area (Å²) in [7, 11) is 0. The number of carbonyl (C=O) groups excluding carboxylic acids is 3. The van der Waals surface area contributed by atoms with E-state index < -0.39 is 53.2 Å². The Balaban J connectivity index is 5.42. The minimum atomic E-state index is -2.20. The van der Waals surface area contributed by atoms with E-state index in [1.54, 1.807) is 13.8 Å². The fraction of sp³-hybridized carbons (Fsp3) is 0.765. The molecule has 4 atom stereocenters. The minimum Gasteiger partial charge on any atom is -0.480 e. The monoisotopic (exact) mass is 373 g/mol. The number of carbonyl (C=O) groups is 4. The van der Waals surface area contributed by atoms with Crippen molar-refractivity contribution in [1.29, 1.82) is 0 Å². The topological polar surface area (TPSA) is 159 Å². The van der Waals surface area contributed by atoms with Crippen LogP contribution in [0, 0.1) is 11.8 Å². The van der Waals surface area contributed by atoms with Crippen LogP contribution in [0.4, 0.5) is 0 Å². The molecular weight excluding hydrogens is 342 g/mol. The number of carboxylic acid groups (broad SMARTS) is 1. The van der Waals surface area contributed by atoms with Gasteiger partial charge in [0.25, 0.3) is 5.91 Å². The number of nitrogens with two attached hydrogens (primary N) is 1. The van der Waals surface area contributed by atoms with Crippen molar-refractivity contribution in [3.8, 4) is 0 Å². The van der Waals surface area contributed by atoms with Gasteiger partial charge in [0.2, 0.25) is 5.91 Å². The third kappa shape index (κ3) is 6.06. The highest BCUT2D eigenvalue weighted by Crippen LogP contribution is 2.13. The number of aliphatic hydroxyl groups excluding tert-OH is 1. The first kappa shape index (κ1) is 24.0. The summed E-state index contributed by atoms with van der Waals surface area (Å²) in [6.45, 7) is 9.21. The van der Waals surface area contributed by atoms with Crippen LogP contribution in [0.3, 0.4) is 0 Å². The number of aliphatic hydroxyl groups is 1. The second-order valence-electron chi connectivity index (χ2n) is 7.33. The molecule has 0 unspecified atom stereocenters. The quantitative estimate of drug-likeness (QED) is 0.320. The van der Waals surface area contributed by atoms with E-state index in [0.29, 0.717) is 0 Å². The summed E-state index contributed by atoms with van der Waals surface area (Å²) in [6, 6.07) is -2.22. The number of Topliss-reactive ketones (excluding diaryl/α,β-unsaturated/α-hetero) is 1. The first-order valence-corrected chi connectivity index (χ1v) is 8.57. The molecule has 0 spiro atoms. The zero-order chi connectivity index (χ0) is 20.8. The number of nitrogens with one attached hydrogen (secondary N) is 2. The van der Waals surface area contributed by atoms with Crippen LogP contribution in [0.25, 0.3) is 0 Å². The highest BCUT2D eigenvalue weighted by Gasteiger charge is 2.45. The lowest BCUT2D eigenvalue weighted by atomic mass is 9.88. The number of ketones is 1. The van der Waals surface area contributed by atoms with E-state index in [9.17, 15) is 29.4 Å². The maximum Gasteiger partial charge on any atom is 0.326 e. The van der Waals surface area contributed by atoms with E-state index in [2.05, 4.69) is 10.6 Å². The summed E-state index contributed by atoms with van der Waals surface area (Å²) >= 11 is 0. The van der Waals surface area contributed by atoms with Gasteiger partial charge >= 0.3 is 5.97 Å². The van der Waals surface area contributed by atoms with Gasteiger partial charge in [-0.3, -0.25) is 14.4 Å². The normalized spacial score (nSPS) is 17.2. The SMILES string of the molecule is CC(=O)[C@@](N)(C(=O)N[C@H](C(=O)N[C@@H](CC(C)C)C(=O)O)C(C)C)[C@@H](C)O. The first-order valence-electron chi connectivity index (χ1n) is 8.57. The Bertz CT molecular complexity index is 547. The third-order valence-corrected chi connectivity index (χ3v) is 4.17.